The van der Waals surface area contributed by atoms with Crippen molar-refractivity contribution in [3.8, 4) is 5.82 Å². The van der Waals surface area contributed by atoms with Gasteiger partial charge in [-0.25, -0.2) is 15.0 Å². The molecule has 4 aromatic rings. The second-order valence-corrected chi connectivity index (χ2v) is 6.00. The molecular formula is C16H14N6S. The van der Waals surface area contributed by atoms with Crippen molar-refractivity contribution in [1.82, 2.24) is 24.5 Å². The first-order chi connectivity index (χ1) is 11.3. The van der Waals surface area contributed by atoms with Crippen molar-refractivity contribution in [2.75, 3.05) is 5.32 Å². The monoisotopic (exact) mass is 322 g/mol. The molecule has 1 aromatic carbocycles. The fourth-order valence-electron chi connectivity index (χ4n) is 2.40. The lowest BCUT2D eigenvalue weighted by atomic mass is 10.3. The molecule has 0 bridgehead atoms. The molecule has 0 aliphatic heterocycles. The Morgan fingerprint density at radius 3 is 2.87 bits per heavy atom. The lowest BCUT2D eigenvalue weighted by Crippen LogP contribution is -2.10. The van der Waals surface area contributed by atoms with Crippen LogP contribution in [0.3, 0.4) is 0 Å². The summed E-state index contributed by atoms with van der Waals surface area (Å²) in [5.74, 6) is 1.35. The zero-order chi connectivity index (χ0) is 15.6. The Labute approximate surface area is 136 Å². The fourth-order valence-corrected chi connectivity index (χ4v) is 3.04. The minimum atomic E-state index is 0.0600. The smallest absolute Gasteiger partial charge is 0.225 e. The van der Waals surface area contributed by atoms with E-state index in [1.165, 1.54) is 0 Å². The highest BCUT2D eigenvalue weighted by Crippen LogP contribution is 2.20. The van der Waals surface area contributed by atoms with E-state index in [2.05, 4.69) is 25.3 Å². The molecule has 0 spiro atoms. The maximum atomic E-state index is 4.59. The Hall–Kier alpha value is -2.80. The van der Waals surface area contributed by atoms with Gasteiger partial charge in [-0.2, -0.15) is 4.98 Å². The molecule has 0 aliphatic rings. The van der Waals surface area contributed by atoms with Gasteiger partial charge in [-0.15, -0.1) is 11.3 Å². The van der Waals surface area contributed by atoms with Crippen molar-refractivity contribution in [3.05, 3.63) is 59.4 Å². The van der Waals surface area contributed by atoms with Crippen LogP contribution in [0, 0.1) is 0 Å². The normalized spacial score (nSPS) is 12.4. The Kier molecular flexibility index (Phi) is 3.47. The number of hydrogen-bond acceptors (Lipinski definition) is 6. The molecule has 3 aromatic heterocycles. The van der Waals surface area contributed by atoms with E-state index in [4.69, 9.17) is 0 Å². The number of anilines is 1. The van der Waals surface area contributed by atoms with Gasteiger partial charge in [0.05, 0.1) is 17.1 Å². The fraction of sp³-hybridized carbons (Fsp3) is 0.125. The van der Waals surface area contributed by atoms with Gasteiger partial charge in [0.1, 0.15) is 17.2 Å². The van der Waals surface area contributed by atoms with Crippen LogP contribution < -0.4 is 5.32 Å². The third-order valence-corrected chi connectivity index (χ3v) is 4.47. The number of imidazole rings is 1. The number of hydrogen-bond donors (Lipinski definition) is 1. The standard InChI is InChI=1S/C16H14N6S/c1-11(15-17-8-9-23-15)20-16-18-7-6-14(21-16)22-10-19-12-4-2-3-5-13(12)22/h2-11H,1H3,(H,18,20,21). The largest absolute Gasteiger partial charge is 0.345 e. The second kappa shape index (κ2) is 5.77. The summed E-state index contributed by atoms with van der Waals surface area (Å²) in [5.41, 5.74) is 1.96. The zero-order valence-electron chi connectivity index (χ0n) is 12.4. The number of nitrogens with zero attached hydrogens (tertiary/aromatic N) is 5. The van der Waals surface area contributed by atoms with E-state index in [1.54, 1.807) is 30.1 Å². The van der Waals surface area contributed by atoms with Crippen LogP contribution in [-0.4, -0.2) is 24.5 Å². The van der Waals surface area contributed by atoms with Crippen LogP contribution in [0.1, 0.15) is 18.0 Å². The molecule has 0 aliphatic carbocycles. The number of thiazole rings is 1. The van der Waals surface area contributed by atoms with Crippen molar-refractivity contribution in [2.24, 2.45) is 0 Å². The maximum Gasteiger partial charge on any atom is 0.225 e. The van der Waals surface area contributed by atoms with Gasteiger partial charge in [-0.1, -0.05) is 12.1 Å². The van der Waals surface area contributed by atoms with E-state index in [0.29, 0.717) is 5.95 Å². The molecule has 0 saturated carbocycles. The van der Waals surface area contributed by atoms with Crippen molar-refractivity contribution >= 4 is 28.3 Å². The molecule has 6 nitrogen and oxygen atoms in total. The number of para-hydroxylation sites is 2. The molecule has 0 fully saturated rings. The summed E-state index contributed by atoms with van der Waals surface area (Å²) < 4.78 is 1.95. The van der Waals surface area contributed by atoms with Crippen molar-refractivity contribution in [2.45, 2.75) is 13.0 Å². The van der Waals surface area contributed by atoms with Crippen LogP contribution in [-0.2, 0) is 0 Å². The zero-order valence-corrected chi connectivity index (χ0v) is 13.2. The van der Waals surface area contributed by atoms with E-state index in [1.807, 2.05) is 47.2 Å². The number of nitrogens with one attached hydrogen (secondary N) is 1. The van der Waals surface area contributed by atoms with Crippen molar-refractivity contribution in [3.63, 3.8) is 0 Å². The lowest BCUT2D eigenvalue weighted by Gasteiger charge is -2.12. The minimum Gasteiger partial charge on any atom is -0.345 e. The molecule has 114 valence electrons. The Bertz CT molecular complexity index is 931. The van der Waals surface area contributed by atoms with E-state index in [-0.39, 0.29) is 6.04 Å². The van der Waals surface area contributed by atoms with Gasteiger partial charge in [-0.3, -0.25) is 4.57 Å². The molecular weight excluding hydrogens is 308 g/mol. The SMILES string of the molecule is CC(Nc1nccc(-n2cnc3ccccc32)n1)c1nccs1. The van der Waals surface area contributed by atoms with Crippen LogP contribution in [0.25, 0.3) is 16.9 Å². The van der Waals surface area contributed by atoms with Crippen molar-refractivity contribution in [1.29, 1.82) is 0 Å². The minimum absolute atomic E-state index is 0.0600. The number of fused-ring (bicyclic) bond motifs is 1. The van der Waals surface area contributed by atoms with Crippen LogP contribution in [0.2, 0.25) is 0 Å². The predicted octanol–water partition coefficient (Wildman–Crippen LogP) is 3.45. The predicted molar refractivity (Wildman–Crippen MR) is 90.8 cm³/mol. The van der Waals surface area contributed by atoms with Gasteiger partial charge in [0.2, 0.25) is 5.95 Å². The maximum absolute atomic E-state index is 4.59. The summed E-state index contributed by atoms with van der Waals surface area (Å²) in [4.78, 5) is 17.6. The van der Waals surface area contributed by atoms with Crippen molar-refractivity contribution < 1.29 is 0 Å². The van der Waals surface area contributed by atoms with Crippen LogP contribution in [0.4, 0.5) is 5.95 Å². The van der Waals surface area contributed by atoms with Gasteiger partial charge in [0.25, 0.3) is 0 Å². The lowest BCUT2D eigenvalue weighted by molar-refractivity contribution is 0.843. The molecule has 1 N–H and O–H groups in total. The molecule has 7 heteroatoms. The molecule has 23 heavy (non-hydrogen) atoms. The van der Waals surface area contributed by atoms with E-state index in [9.17, 15) is 0 Å². The molecule has 0 radical (unpaired) electrons. The molecule has 1 unspecified atom stereocenters. The highest BCUT2D eigenvalue weighted by molar-refractivity contribution is 7.09. The summed E-state index contributed by atoms with van der Waals surface area (Å²) in [6.07, 6.45) is 5.32. The average molecular weight is 322 g/mol. The highest BCUT2D eigenvalue weighted by atomic mass is 32.1. The van der Waals surface area contributed by atoms with Crippen LogP contribution in [0.15, 0.2) is 54.4 Å². The van der Waals surface area contributed by atoms with Gasteiger partial charge in [-0.05, 0) is 25.1 Å². The molecule has 4 rings (SSSR count). The summed E-state index contributed by atoms with van der Waals surface area (Å²) in [6, 6.07) is 9.90. The van der Waals surface area contributed by atoms with E-state index in [0.717, 1.165) is 21.9 Å². The van der Waals surface area contributed by atoms with Gasteiger partial charge in [0, 0.05) is 17.8 Å². The van der Waals surface area contributed by atoms with Crippen LogP contribution in [0.5, 0.6) is 0 Å². The second-order valence-electron chi connectivity index (χ2n) is 5.08. The first-order valence-corrected chi connectivity index (χ1v) is 8.10. The summed E-state index contributed by atoms with van der Waals surface area (Å²) in [5, 5.41) is 6.25. The first-order valence-electron chi connectivity index (χ1n) is 7.23. The third kappa shape index (κ3) is 2.66. The third-order valence-electron chi connectivity index (χ3n) is 3.51. The van der Waals surface area contributed by atoms with Crippen LogP contribution >= 0.6 is 11.3 Å². The molecule has 0 amide bonds. The first kappa shape index (κ1) is 13.8. The molecule has 3 heterocycles. The number of aromatic nitrogens is 5. The summed E-state index contributed by atoms with van der Waals surface area (Å²) in [6.45, 7) is 2.04. The van der Waals surface area contributed by atoms with Gasteiger partial charge in [0.15, 0.2) is 0 Å². The summed E-state index contributed by atoms with van der Waals surface area (Å²) in [7, 11) is 0. The Morgan fingerprint density at radius 1 is 1.09 bits per heavy atom. The van der Waals surface area contributed by atoms with E-state index >= 15 is 0 Å². The molecule has 1 atom stereocenters. The van der Waals surface area contributed by atoms with E-state index < -0.39 is 0 Å². The molecule has 0 saturated heterocycles. The number of benzene rings is 1. The average Bonchev–Trinajstić information content (AvgIpc) is 3.25. The van der Waals surface area contributed by atoms with Gasteiger partial charge < -0.3 is 5.32 Å². The number of rotatable bonds is 4. The Balaban J connectivity index is 1.66. The van der Waals surface area contributed by atoms with Gasteiger partial charge >= 0.3 is 0 Å². The quantitative estimate of drug-likeness (QED) is 0.623. The topological polar surface area (TPSA) is 68.5 Å². The Morgan fingerprint density at radius 2 is 2.00 bits per heavy atom. The summed E-state index contributed by atoms with van der Waals surface area (Å²) >= 11 is 1.61. The highest BCUT2D eigenvalue weighted by Gasteiger charge is 2.11.